The predicted molar refractivity (Wildman–Crippen MR) is 65.3 cm³/mol. The van der Waals surface area contributed by atoms with Crippen LogP contribution in [0.25, 0.3) is 0 Å². The largest absolute Gasteiger partial charge is 0.267 e. The summed E-state index contributed by atoms with van der Waals surface area (Å²) < 4.78 is 14.4. The number of fused-ring (bicyclic) bond motifs is 2. The van der Waals surface area contributed by atoms with Crippen molar-refractivity contribution >= 4 is 12.4 Å². The highest BCUT2D eigenvalue weighted by atomic mass is 35.5. The van der Waals surface area contributed by atoms with Gasteiger partial charge in [0.05, 0.1) is 0 Å². The molecule has 0 radical (unpaired) electrons. The Morgan fingerprint density at radius 3 is 2.62 bits per heavy atom. The molecular formula is C13H17ClFN. The molecule has 1 heterocycles. The Balaban J connectivity index is 0.000000963. The van der Waals surface area contributed by atoms with Crippen molar-refractivity contribution < 1.29 is 4.39 Å². The molecule has 16 heavy (non-hydrogen) atoms. The maximum absolute atomic E-state index is 14.4. The summed E-state index contributed by atoms with van der Waals surface area (Å²) in [5, 5.41) is 0. The van der Waals surface area contributed by atoms with Crippen LogP contribution in [0.4, 0.5) is 4.39 Å². The number of alkyl halides is 1. The van der Waals surface area contributed by atoms with Crippen molar-refractivity contribution in [2.75, 3.05) is 6.54 Å². The molecule has 1 aliphatic carbocycles. The third-order valence-corrected chi connectivity index (χ3v) is 3.80. The van der Waals surface area contributed by atoms with Gasteiger partial charge in [-0.05, 0) is 30.7 Å². The quantitative estimate of drug-likeness (QED) is 0.718. The van der Waals surface area contributed by atoms with Crippen LogP contribution in [-0.2, 0) is 6.54 Å². The van der Waals surface area contributed by atoms with E-state index in [-0.39, 0.29) is 12.4 Å². The van der Waals surface area contributed by atoms with Gasteiger partial charge in [-0.1, -0.05) is 30.3 Å². The molecule has 0 N–H and O–H groups in total. The van der Waals surface area contributed by atoms with E-state index in [0.29, 0.717) is 5.92 Å². The molecule has 2 unspecified atom stereocenters. The van der Waals surface area contributed by atoms with E-state index in [4.69, 9.17) is 0 Å². The number of piperidine rings is 1. The first kappa shape index (κ1) is 11.9. The van der Waals surface area contributed by atoms with Gasteiger partial charge in [-0.2, -0.15) is 0 Å². The van der Waals surface area contributed by atoms with Gasteiger partial charge in [0.1, 0.15) is 0 Å². The van der Waals surface area contributed by atoms with Gasteiger partial charge in [0, 0.05) is 13.1 Å². The van der Waals surface area contributed by atoms with Crippen LogP contribution in [-0.4, -0.2) is 17.2 Å². The fourth-order valence-electron chi connectivity index (χ4n) is 3.00. The van der Waals surface area contributed by atoms with E-state index < -0.39 is 5.79 Å². The van der Waals surface area contributed by atoms with E-state index in [1.807, 2.05) is 23.1 Å². The van der Waals surface area contributed by atoms with E-state index in [1.54, 1.807) is 0 Å². The maximum atomic E-state index is 14.4. The Bertz CT molecular complexity index is 356. The first-order valence-corrected chi connectivity index (χ1v) is 5.74. The second-order valence-electron chi connectivity index (χ2n) is 4.89. The number of halogens is 2. The van der Waals surface area contributed by atoms with Crippen LogP contribution >= 0.6 is 12.4 Å². The molecule has 1 aromatic carbocycles. The van der Waals surface area contributed by atoms with Crippen molar-refractivity contribution in [2.45, 2.75) is 31.6 Å². The van der Waals surface area contributed by atoms with Crippen LogP contribution in [0.15, 0.2) is 30.3 Å². The molecule has 2 bridgehead atoms. The molecular weight excluding hydrogens is 225 g/mol. The number of benzene rings is 1. The lowest BCUT2D eigenvalue weighted by atomic mass is 10.1. The molecule has 3 heteroatoms. The first-order chi connectivity index (χ1) is 7.26. The van der Waals surface area contributed by atoms with Crippen LogP contribution in [0.3, 0.4) is 0 Å². The number of likely N-dealkylation sites (tertiary alicyclic amines) is 1. The van der Waals surface area contributed by atoms with Gasteiger partial charge < -0.3 is 0 Å². The second-order valence-corrected chi connectivity index (χ2v) is 4.89. The van der Waals surface area contributed by atoms with Crippen molar-refractivity contribution in [1.29, 1.82) is 0 Å². The lowest BCUT2D eigenvalue weighted by molar-refractivity contribution is -0.0131. The van der Waals surface area contributed by atoms with Gasteiger partial charge in [-0.25, -0.2) is 4.39 Å². The normalized spacial score (nSPS) is 32.7. The molecule has 3 rings (SSSR count). The molecule has 2 aliphatic rings. The lowest BCUT2D eigenvalue weighted by Crippen LogP contribution is -2.40. The standard InChI is InChI=1S/C13H16FN.ClH/c14-13-7-6-12(8-13)10-15(13)9-11-4-2-1-3-5-11;/h1-5,12H,6-10H2;1H. The van der Waals surface area contributed by atoms with E-state index >= 15 is 0 Å². The van der Waals surface area contributed by atoms with Gasteiger partial charge in [-0.15, -0.1) is 12.4 Å². The summed E-state index contributed by atoms with van der Waals surface area (Å²) in [6, 6.07) is 10.2. The molecule has 2 atom stereocenters. The highest BCUT2D eigenvalue weighted by Crippen LogP contribution is 2.47. The minimum Gasteiger partial charge on any atom is -0.267 e. The summed E-state index contributed by atoms with van der Waals surface area (Å²) in [7, 11) is 0. The van der Waals surface area contributed by atoms with E-state index in [2.05, 4.69) is 12.1 Å². The molecule has 1 saturated carbocycles. The number of hydrogen-bond donors (Lipinski definition) is 0. The van der Waals surface area contributed by atoms with Crippen molar-refractivity contribution in [3.63, 3.8) is 0 Å². The summed E-state index contributed by atoms with van der Waals surface area (Å²) in [6.45, 7) is 1.72. The Morgan fingerprint density at radius 1 is 1.31 bits per heavy atom. The molecule has 2 fully saturated rings. The Kier molecular flexibility index (Phi) is 3.22. The fraction of sp³-hybridized carbons (Fsp3) is 0.538. The average molecular weight is 242 g/mol. The number of rotatable bonds is 2. The molecule has 1 aliphatic heterocycles. The number of hydrogen-bond acceptors (Lipinski definition) is 1. The van der Waals surface area contributed by atoms with Crippen molar-refractivity contribution in [2.24, 2.45) is 5.92 Å². The molecule has 0 amide bonds. The maximum Gasteiger partial charge on any atom is 0.164 e. The van der Waals surface area contributed by atoms with Gasteiger partial charge in [0.2, 0.25) is 0 Å². The Labute approximate surface area is 102 Å². The van der Waals surface area contributed by atoms with Gasteiger partial charge in [0.15, 0.2) is 5.79 Å². The van der Waals surface area contributed by atoms with Gasteiger partial charge >= 0.3 is 0 Å². The first-order valence-electron chi connectivity index (χ1n) is 5.74. The Hall–Kier alpha value is -0.600. The topological polar surface area (TPSA) is 3.24 Å². The lowest BCUT2D eigenvalue weighted by Gasteiger charge is -2.32. The third kappa shape index (κ3) is 1.96. The summed E-state index contributed by atoms with van der Waals surface area (Å²) in [5.41, 5.74) is 1.22. The minimum atomic E-state index is -0.986. The van der Waals surface area contributed by atoms with E-state index in [9.17, 15) is 4.39 Å². The summed E-state index contributed by atoms with van der Waals surface area (Å²) in [6.07, 6.45) is 2.59. The zero-order chi connectivity index (χ0) is 10.3. The van der Waals surface area contributed by atoms with Crippen LogP contribution in [0.1, 0.15) is 24.8 Å². The summed E-state index contributed by atoms with van der Waals surface area (Å²) in [5.74, 6) is -0.376. The Morgan fingerprint density at radius 2 is 2.06 bits per heavy atom. The molecule has 88 valence electrons. The fourth-order valence-corrected chi connectivity index (χ4v) is 3.00. The van der Waals surface area contributed by atoms with Crippen LogP contribution in [0.5, 0.6) is 0 Å². The van der Waals surface area contributed by atoms with Gasteiger partial charge in [-0.3, -0.25) is 4.90 Å². The van der Waals surface area contributed by atoms with E-state index in [0.717, 1.165) is 32.4 Å². The average Bonchev–Trinajstić information content (AvgIpc) is 2.75. The van der Waals surface area contributed by atoms with E-state index in [1.165, 1.54) is 5.56 Å². The van der Waals surface area contributed by atoms with Crippen LogP contribution in [0.2, 0.25) is 0 Å². The van der Waals surface area contributed by atoms with Gasteiger partial charge in [0.25, 0.3) is 0 Å². The molecule has 0 aromatic heterocycles. The summed E-state index contributed by atoms with van der Waals surface area (Å²) in [4.78, 5) is 2.02. The minimum absolute atomic E-state index is 0. The van der Waals surface area contributed by atoms with Crippen LogP contribution < -0.4 is 0 Å². The predicted octanol–water partition coefficient (Wildman–Crippen LogP) is 3.39. The van der Waals surface area contributed by atoms with Crippen molar-refractivity contribution in [3.05, 3.63) is 35.9 Å². The highest BCUT2D eigenvalue weighted by molar-refractivity contribution is 5.85. The molecule has 1 aromatic rings. The monoisotopic (exact) mass is 241 g/mol. The smallest absolute Gasteiger partial charge is 0.164 e. The zero-order valence-corrected chi connectivity index (χ0v) is 10.0. The van der Waals surface area contributed by atoms with Crippen molar-refractivity contribution in [1.82, 2.24) is 4.90 Å². The zero-order valence-electron chi connectivity index (χ0n) is 9.23. The summed E-state index contributed by atoms with van der Waals surface area (Å²) >= 11 is 0. The molecule has 1 nitrogen and oxygen atoms in total. The molecule has 0 spiro atoms. The second kappa shape index (κ2) is 4.34. The SMILES string of the molecule is Cl.FC12CCC(CN1Cc1ccccc1)C2. The molecule has 1 saturated heterocycles. The van der Waals surface area contributed by atoms with Crippen LogP contribution in [0, 0.1) is 5.92 Å². The number of nitrogens with zero attached hydrogens (tertiary/aromatic N) is 1. The highest BCUT2D eigenvalue weighted by Gasteiger charge is 2.50. The van der Waals surface area contributed by atoms with Crippen molar-refractivity contribution in [3.8, 4) is 0 Å². The third-order valence-electron chi connectivity index (χ3n) is 3.80.